The minimum absolute atomic E-state index is 0. The second kappa shape index (κ2) is 8.62. The van der Waals surface area contributed by atoms with Gasteiger partial charge in [0, 0.05) is 45.1 Å². The smallest absolute Gasteiger partial charge is 0.274 e. The first-order chi connectivity index (χ1) is 13.1. The lowest BCUT2D eigenvalue weighted by atomic mass is 10.0. The van der Waals surface area contributed by atoms with Gasteiger partial charge in [0.15, 0.2) is 11.4 Å². The predicted molar refractivity (Wildman–Crippen MR) is 103 cm³/mol. The summed E-state index contributed by atoms with van der Waals surface area (Å²) >= 11 is 0. The van der Waals surface area contributed by atoms with Crippen LogP contribution in [0.1, 0.15) is 26.5 Å². The van der Waals surface area contributed by atoms with Crippen LogP contribution in [0.15, 0.2) is 36.7 Å². The Kier molecular flexibility index (Phi) is 6.21. The van der Waals surface area contributed by atoms with E-state index in [-0.39, 0.29) is 42.1 Å². The maximum atomic E-state index is 13.0. The van der Waals surface area contributed by atoms with Gasteiger partial charge in [-0.15, -0.1) is 12.4 Å². The zero-order valence-corrected chi connectivity index (χ0v) is 15.9. The maximum Gasteiger partial charge on any atom is 0.274 e. The van der Waals surface area contributed by atoms with Gasteiger partial charge in [0.1, 0.15) is 5.82 Å². The molecule has 0 saturated carbocycles. The summed E-state index contributed by atoms with van der Waals surface area (Å²) in [6.45, 7) is 3.39. The predicted octanol–water partition coefficient (Wildman–Crippen LogP) is 1.26. The molecule has 1 aromatic heterocycles. The van der Waals surface area contributed by atoms with Crippen LogP contribution in [0.5, 0.6) is 0 Å². The molecule has 0 radical (unpaired) electrons. The Bertz CT molecular complexity index is 852. The minimum atomic E-state index is -0.475. The molecule has 28 heavy (non-hydrogen) atoms. The van der Waals surface area contributed by atoms with Crippen molar-refractivity contribution in [2.24, 2.45) is 11.8 Å². The fourth-order valence-electron chi connectivity index (χ4n) is 3.70. The van der Waals surface area contributed by atoms with Crippen LogP contribution in [0.3, 0.4) is 0 Å². The molecule has 2 aliphatic rings. The number of rotatable bonds is 4. The quantitative estimate of drug-likeness (QED) is 0.799. The van der Waals surface area contributed by atoms with Gasteiger partial charge in [-0.1, -0.05) is 12.1 Å². The first-order valence-electron chi connectivity index (χ1n) is 8.95. The number of nitrogens with zero attached hydrogens (tertiary/aromatic N) is 3. The first-order valence-corrected chi connectivity index (χ1v) is 8.95. The van der Waals surface area contributed by atoms with Crippen molar-refractivity contribution in [2.75, 3.05) is 26.2 Å². The molecule has 2 N–H and O–H groups in total. The van der Waals surface area contributed by atoms with Crippen molar-refractivity contribution >= 4 is 24.2 Å². The third-order valence-electron chi connectivity index (χ3n) is 5.16. The van der Waals surface area contributed by atoms with Gasteiger partial charge >= 0.3 is 0 Å². The van der Waals surface area contributed by atoms with E-state index < -0.39 is 5.91 Å². The Morgan fingerprint density at radius 1 is 1.07 bits per heavy atom. The molecule has 2 aliphatic heterocycles. The number of benzene rings is 1. The van der Waals surface area contributed by atoms with Gasteiger partial charge in [-0.05, 0) is 29.5 Å². The molecule has 0 bridgehead atoms. The molecule has 2 saturated heterocycles. The van der Waals surface area contributed by atoms with Crippen LogP contribution in [0.2, 0.25) is 0 Å². The highest BCUT2D eigenvalue weighted by molar-refractivity contribution is 6.04. The van der Waals surface area contributed by atoms with E-state index in [9.17, 15) is 14.0 Å². The van der Waals surface area contributed by atoms with Crippen molar-refractivity contribution in [1.29, 1.82) is 0 Å². The average Bonchev–Trinajstić information content (AvgIpc) is 3.29. The Hall–Kier alpha value is -2.58. The number of hydrogen-bond acceptors (Lipinski definition) is 5. The van der Waals surface area contributed by atoms with Crippen molar-refractivity contribution in [2.45, 2.75) is 6.54 Å². The standard InChI is InChI=1S/C19H20FN5O2.ClH/c20-15-3-1-12(2-4-15)7-24-18(26)16-17(23-6-5-22-16)19(27)25-10-13-8-21-9-14(13)11-25;/h1-6,13-14,21H,7-11H2,(H,24,26);1H/t13-,14+;. The summed E-state index contributed by atoms with van der Waals surface area (Å²) in [5.41, 5.74) is 0.836. The lowest BCUT2D eigenvalue weighted by Crippen LogP contribution is -2.35. The molecule has 0 spiro atoms. The number of carbonyl (C=O) groups is 2. The summed E-state index contributed by atoms with van der Waals surface area (Å²) < 4.78 is 13.0. The molecule has 2 aromatic rings. The number of nitrogens with one attached hydrogen (secondary N) is 2. The molecule has 3 heterocycles. The van der Waals surface area contributed by atoms with E-state index in [0.717, 1.165) is 18.7 Å². The van der Waals surface area contributed by atoms with Gasteiger partial charge in [0.2, 0.25) is 0 Å². The summed E-state index contributed by atoms with van der Waals surface area (Å²) in [5.74, 6) is -0.151. The molecule has 1 aromatic carbocycles. The first kappa shape index (κ1) is 20.2. The third-order valence-corrected chi connectivity index (χ3v) is 5.16. The van der Waals surface area contributed by atoms with E-state index in [1.165, 1.54) is 24.5 Å². The average molecular weight is 406 g/mol. The van der Waals surface area contributed by atoms with Gasteiger partial charge in [-0.3, -0.25) is 9.59 Å². The van der Waals surface area contributed by atoms with Crippen LogP contribution in [0, 0.1) is 17.7 Å². The molecule has 0 aliphatic carbocycles. The van der Waals surface area contributed by atoms with E-state index in [4.69, 9.17) is 0 Å². The van der Waals surface area contributed by atoms with Crippen LogP contribution >= 0.6 is 12.4 Å². The number of hydrogen-bond donors (Lipinski definition) is 2. The molecule has 9 heteroatoms. The van der Waals surface area contributed by atoms with Crippen molar-refractivity contribution in [1.82, 2.24) is 25.5 Å². The molecule has 148 valence electrons. The fourth-order valence-corrected chi connectivity index (χ4v) is 3.70. The van der Waals surface area contributed by atoms with Gasteiger partial charge in [-0.2, -0.15) is 0 Å². The van der Waals surface area contributed by atoms with Crippen LogP contribution in [0.25, 0.3) is 0 Å². The summed E-state index contributed by atoms with van der Waals surface area (Å²) in [7, 11) is 0. The van der Waals surface area contributed by atoms with Crippen LogP contribution in [-0.4, -0.2) is 52.9 Å². The van der Waals surface area contributed by atoms with E-state index in [2.05, 4.69) is 20.6 Å². The highest BCUT2D eigenvalue weighted by Gasteiger charge is 2.39. The van der Waals surface area contributed by atoms with Crippen molar-refractivity contribution < 1.29 is 14.0 Å². The second-order valence-electron chi connectivity index (χ2n) is 6.95. The molecule has 2 amide bonds. The monoisotopic (exact) mass is 405 g/mol. The molecular weight excluding hydrogens is 385 g/mol. The summed E-state index contributed by atoms with van der Waals surface area (Å²) in [5, 5.41) is 6.05. The van der Waals surface area contributed by atoms with E-state index >= 15 is 0 Å². The largest absolute Gasteiger partial charge is 0.347 e. The molecule has 2 fully saturated rings. The number of amides is 2. The maximum absolute atomic E-state index is 13.0. The van der Waals surface area contributed by atoms with Crippen LogP contribution in [0.4, 0.5) is 4.39 Å². The summed E-state index contributed by atoms with van der Waals surface area (Å²) in [6, 6.07) is 5.85. The number of carbonyl (C=O) groups excluding carboxylic acids is 2. The zero-order valence-electron chi connectivity index (χ0n) is 15.1. The third kappa shape index (κ3) is 4.13. The lowest BCUT2D eigenvalue weighted by molar-refractivity contribution is 0.0766. The van der Waals surface area contributed by atoms with Crippen molar-refractivity contribution in [3.05, 3.63) is 59.4 Å². The second-order valence-corrected chi connectivity index (χ2v) is 6.95. The van der Waals surface area contributed by atoms with E-state index in [1.807, 2.05) is 0 Å². The lowest BCUT2D eigenvalue weighted by Gasteiger charge is -2.18. The van der Waals surface area contributed by atoms with Crippen LogP contribution in [-0.2, 0) is 6.54 Å². The normalized spacial score (nSPS) is 20.4. The molecule has 0 unspecified atom stereocenters. The summed E-state index contributed by atoms with van der Waals surface area (Å²) in [6.07, 6.45) is 2.81. The molecular formula is C19H21ClFN5O2. The number of aromatic nitrogens is 2. The van der Waals surface area contributed by atoms with E-state index in [0.29, 0.717) is 24.9 Å². The zero-order chi connectivity index (χ0) is 18.8. The number of fused-ring (bicyclic) bond motifs is 1. The van der Waals surface area contributed by atoms with E-state index in [1.54, 1.807) is 17.0 Å². The SMILES string of the molecule is Cl.O=C(NCc1ccc(F)cc1)c1nccnc1C(=O)N1C[C@H]2CNC[C@H]2C1. The van der Waals surface area contributed by atoms with Crippen LogP contribution < -0.4 is 10.6 Å². The van der Waals surface area contributed by atoms with Gasteiger partial charge < -0.3 is 15.5 Å². The Balaban J connectivity index is 0.00000225. The van der Waals surface area contributed by atoms with Crippen molar-refractivity contribution in [3.8, 4) is 0 Å². The number of likely N-dealkylation sites (tertiary alicyclic amines) is 1. The molecule has 2 atom stereocenters. The topological polar surface area (TPSA) is 87.2 Å². The highest BCUT2D eigenvalue weighted by atomic mass is 35.5. The minimum Gasteiger partial charge on any atom is -0.347 e. The Morgan fingerprint density at radius 3 is 2.32 bits per heavy atom. The number of halogens is 2. The molecule has 7 nitrogen and oxygen atoms in total. The molecule has 4 rings (SSSR count). The van der Waals surface area contributed by atoms with Gasteiger partial charge in [0.05, 0.1) is 0 Å². The highest BCUT2D eigenvalue weighted by Crippen LogP contribution is 2.27. The van der Waals surface area contributed by atoms with Gasteiger partial charge in [0.25, 0.3) is 11.8 Å². The Labute approximate surface area is 168 Å². The Morgan fingerprint density at radius 2 is 1.68 bits per heavy atom. The van der Waals surface area contributed by atoms with Crippen molar-refractivity contribution in [3.63, 3.8) is 0 Å². The fraction of sp³-hybridized carbons (Fsp3) is 0.368. The van der Waals surface area contributed by atoms with Gasteiger partial charge in [-0.25, -0.2) is 14.4 Å². The summed E-state index contributed by atoms with van der Waals surface area (Å²) in [4.78, 5) is 35.4.